The number of carbonyl (C=O) groups excluding carboxylic acids is 2. The van der Waals surface area contributed by atoms with E-state index in [0.717, 1.165) is 4.68 Å². The second kappa shape index (κ2) is 7.58. The van der Waals surface area contributed by atoms with E-state index in [9.17, 15) is 14.4 Å². The second-order valence-electron chi connectivity index (χ2n) is 6.37. The van der Waals surface area contributed by atoms with Gasteiger partial charge in [0, 0.05) is 24.4 Å². The van der Waals surface area contributed by atoms with Crippen molar-refractivity contribution in [2.24, 2.45) is 0 Å². The number of ether oxygens (including phenoxy) is 2. The minimum atomic E-state index is -0.455. The topological polar surface area (TPSA) is 124 Å². The Bertz CT molecular complexity index is 1160. The average molecular weight is 395 g/mol. The molecule has 29 heavy (non-hydrogen) atoms. The third-order valence-electron chi connectivity index (χ3n) is 4.17. The number of amides is 2. The van der Waals surface area contributed by atoms with Crippen LogP contribution in [0.1, 0.15) is 6.92 Å². The van der Waals surface area contributed by atoms with E-state index in [1.54, 1.807) is 36.4 Å². The number of nitrogens with zero attached hydrogens (tertiary/aromatic N) is 3. The van der Waals surface area contributed by atoms with Crippen LogP contribution >= 0.6 is 0 Å². The summed E-state index contributed by atoms with van der Waals surface area (Å²) in [5.74, 6) is 0.347. The molecule has 3 aromatic rings. The predicted molar refractivity (Wildman–Crippen MR) is 104 cm³/mol. The summed E-state index contributed by atoms with van der Waals surface area (Å²) < 4.78 is 12.0. The average Bonchev–Trinajstić information content (AvgIpc) is 2.70. The van der Waals surface area contributed by atoms with Crippen molar-refractivity contribution in [1.82, 2.24) is 15.0 Å². The first-order valence-corrected chi connectivity index (χ1v) is 8.84. The van der Waals surface area contributed by atoms with Gasteiger partial charge in [-0.1, -0.05) is 5.21 Å². The highest BCUT2D eigenvalue weighted by atomic mass is 16.6. The molecule has 10 heteroatoms. The molecule has 0 atom stereocenters. The van der Waals surface area contributed by atoms with Gasteiger partial charge in [-0.2, -0.15) is 0 Å². The normalized spacial score (nSPS) is 12.4. The Morgan fingerprint density at radius 2 is 1.66 bits per heavy atom. The molecule has 2 aromatic carbocycles. The molecule has 10 nitrogen and oxygen atoms in total. The van der Waals surface area contributed by atoms with Gasteiger partial charge in [0.2, 0.25) is 11.8 Å². The smallest absolute Gasteiger partial charge is 0.278 e. The Morgan fingerprint density at radius 3 is 2.31 bits per heavy atom. The van der Waals surface area contributed by atoms with Gasteiger partial charge in [0.1, 0.15) is 25.3 Å². The van der Waals surface area contributed by atoms with Crippen molar-refractivity contribution in [3.8, 4) is 11.5 Å². The first-order chi connectivity index (χ1) is 14.0. The summed E-state index contributed by atoms with van der Waals surface area (Å²) in [5, 5.41) is 13.4. The fourth-order valence-electron chi connectivity index (χ4n) is 2.89. The Morgan fingerprint density at radius 1 is 1.03 bits per heavy atom. The second-order valence-corrected chi connectivity index (χ2v) is 6.37. The fraction of sp³-hybridized carbons (Fsp3) is 0.211. The van der Waals surface area contributed by atoms with Crippen LogP contribution in [0, 0.1) is 0 Å². The Balaban J connectivity index is 1.51. The standard InChI is InChI=1S/C19H17N5O5/c1-11(25)20-12-2-4-13(5-3-12)21-18(26)10-24-19(27)14-8-16-17(29-7-6-28-16)9-15(14)22-23-24/h2-5,8-9H,6-7,10H2,1H3,(H,20,25)(H,21,26). The Labute approximate surface area is 164 Å². The molecule has 0 saturated heterocycles. The van der Waals surface area contributed by atoms with Crippen LogP contribution in [0.2, 0.25) is 0 Å². The Hall–Kier alpha value is -3.95. The highest BCUT2D eigenvalue weighted by molar-refractivity contribution is 5.92. The molecule has 0 bridgehead atoms. The van der Waals surface area contributed by atoms with Gasteiger partial charge >= 0.3 is 0 Å². The largest absolute Gasteiger partial charge is 0.486 e. The summed E-state index contributed by atoms with van der Waals surface area (Å²) in [4.78, 5) is 36.0. The molecule has 0 radical (unpaired) electrons. The van der Waals surface area contributed by atoms with Crippen molar-refractivity contribution in [3.05, 3.63) is 46.8 Å². The summed E-state index contributed by atoms with van der Waals surface area (Å²) in [6.07, 6.45) is 0. The summed E-state index contributed by atoms with van der Waals surface area (Å²) >= 11 is 0. The van der Waals surface area contributed by atoms with E-state index in [1.165, 1.54) is 6.92 Å². The maximum absolute atomic E-state index is 12.7. The van der Waals surface area contributed by atoms with E-state index in [1.807, 2.05) is 0 Å². The molecule has 0 aliphatic carbocycles. The van der Waals surface area contributed by atoms with Gasteiger partial charge in [-0.25, -0.2) is 4.68 Å². The maximum Gasteiger partial charge on any atom is 0.278 e. The number of hydrogen-bond acceptors (Lipinski definition) is 7. The van der Waals surface area contributed by atoms with Gasteiger partial charge < -0.3 is 20.1 Å². The summed E-state index contributed by atoms with van der Waals surface area (Å²) in [5.41, 5.74) is 1.04. The zero-order valence-electron chi connectivity index (χ0n) is 15.5. The first kappa shape index (κ1) is 18.4. The van der Waals surface area contributed by atoms with Crippen molar-refractivity contribution >= 4 is 34.1 Å². The zero-order valence-corrected chi connectivity index (χ0v) is 15.5. The van der Waals surface area contributed by atoms with Gasteiger partial charge in [0.05, 0.1) is 5.39 Å². The van der Waals surface area contributed by atoms with Crippen molar-refractivity contribution in [3.63, 3.8) is 0 Å². The molecule has 2 amide bonds. The molecule has 4 rings (SSSR count). The molecule has 148 valence electrons. The third kappa shape index (κ3) is 4.00. The number of nitrogens with one attached hydrogen (secondary N) is 2. The van der Waals surface area contributed by atoms with Crippen molar-refractivity contribution in [2.45, 2.75) is 13.5 Å². The maximum atomic E-state index is 12.7. The summed E-state index contributed by atoms with van der Waals surface area (Å²) in [6.45, 7) is 1.93. The van der Waals surface area contributed by atoms with Crippen LogP contribution < -0.4 is 25.7 Å². The number of hydrogen-bond donors (Lipinski definition) is 2. The van der Waals surface area contributed by atoms with Gasteiger partial charge in [-0.15, -0.1) is 5.10 Å². The Kier molecular flexibility index (Phi) is 4.82. The lowest BCUT2D eigenvalue weighted by Gasteiger charge is -2.18. The lowest BCUT2D eigenvalue weighted by atomic mass is 10.2. The molecule has 2 N–H and O–H groups in total. The predicted octanol–water partition coefficient (Wildman–Crippen LogP) is 1.16. The van der Waals surface area contributed by atoms with Crippen LogP contribution in [0.4, 0.5) is 11.4 Å². The summed E-state index contributed by atoms with van der Waals surface area (Å²) in [7, 11) is 0. The highest BCUT2D eigenvalue weighted by Crippen LogP contribution is 2.32. The number of anilines is 2. The molecule has 0 unspecified atom stereocenters. The van der Waals surface area contributed by atoms with Crippen LogP contribution in [0.25, 0.3) is 10.9 Å². The van der Waals surface area contributed by atoms with Gasteiger partial charge in [-0.05, 0) is 30.3 Å². The lowest BCUT2D eigenvalue weighted by molar-refractivity contribution is -0.117. The lowest BCUT2D eigenvalue weighted by Crippen LogP contribution is -2.30. The van der Waals surface area contributed by atoms with E-state index < -0.39 is 11.5 Å². The van der Waals surface area contributed by atoms with Crippen molar-refractivity contribution in [2.75, 3.05) is 23.8 Å². The number of rotatable bonds is 4. The molecular weight excluding hydrogens is 378 g/mol. The van der Waals surface area contributed by atoms with Gasteiger partial charge in [0.15, 0.2) is 11.5 Å². The van der Waals surface area contributed by atoms with Gasteiger partial charge in [-0.3, -0.25) is 14.4 Å². The van der Waals surface area contributed by atoms with Crippen LogP contribution in [-0.2, 0) is 16.1 Å². The van der Waals surface area contributed by atoms with Crippen LogP contribution in [-0.4, -0.2) is 40.0 Å². The van der Waals surface area contributed by atoms with E-state index in [0.29, 0.717) is 41.6 Å². The minimum absolute atomic E-state index is 0.186. The van der Waals surface area contributed by atoms with E-state index in [-0.39, 0.29) is 17.8 Å². The van der Waals surface area contributed by atoms with E-state index in [2.05, 4.69) is 20.9 Å². The number of fused-ring (bicyclic) bond motifs is 2. The van der Waals surface area contributed by atoms with Crippen LogP contribution in [0.5, 0.6) is 11.5 Å². The molecule has 0 saturated carbocycles. The molecule has 1 aliphatic heterocycles. The van der Waals surface area contributed by atoms with E-state index >= 15 is 0 Å². The highest BCUT2D eigenvalue weighted by Gasteiger charge is 2.17. The van der Waals surface area contributed by atoms with Gasteiger partial charge in [0.25, 0.3) is 5.56 Å². The van der Waals surface area contributed by atoms with Crippen LogP contribution in [0.15, 0.2) is 41.2 Å². The fourth-order valence-corrected chi connectivity index (χ4v) is 2.89. The van der Waals surface area contributed by atoms with Crippen molar-refractivity contribution < 1.29 is 19.1 Å². The van der Waals surface area contributed by atoms with E-state index in [4.69, 9.17) is 9.47 Å². The third-order valence-corrected chi connectivity index (χ3v) is 4.17. The monoisotopic (exact) mass is 395 g/mol. The molecule has 1 aromatic heterocycles. The first-order valence-electron chi connectivity index (χ1n) is 8.84. The minimum Gasteiger partial charge on any atom is -0.486 e. The SMILES string of the molecule is CC(=O)Nc1ccc(NC(=O)Cn2nnc3cc4c(cc3c2=O)OCCO4)cc1. The number of benzene rings is 2. The molecule has 0 spiro atoms. The number of aromatic nitrogens is 3. The van der Waals surface area contributed by atoms with Crippen molar-refractivity contribution in [1.29, 1.82) is 0 Å². The zero-order chi connectivity index (χ0) is 20.4. The summed E-state index contributed by atoms with van der Waals surface area (Å²) in [6, 6.07) is 9.74. The molecular formula is C19H17N5O5. The molecule has 1 aliphatic rings. The van der Waals surface area contributed by atoms with Crippen LogP contribution in [0.3, 0.4) is 0 Å². The quantitative estimate of drug-likeness (QED) is 0.679. The molecule has 0 fully saturated rings. The molecule has 2 heterocycles. The number of carbonyl (C=O) groups is 2.